The van der Waals surface area contributed by atoms with Gasteiger partial charge in [-0.2, -0.15) is 0 Å². The van der Waals surface area contributed by atoms with Crippen LogP contribution in [-0.4, -0.2) is 65.4 Å². The molecule has 0 aromatic carbocycles. The second kappa shape index (κ2) is 5.38. The molecule has 3 heterocycles. The van der Waals surface area contributed by atoms with Crippen molar-refractivity contribution in [3.63, 3.8) is 0 Å². The van der Waals surface area contributed by atoms with Gasteiger partial charge in [-0.3, -0.25) is 9.59 Å². The fourth-order valence-electron chi connectivity index (χ4n) is 3.53. The van der Waals surface area contributed by atoms with Crippen LogP contribution < -0.4 is 10.6 Å². The third-order valence-corrected chi connectivity index (χ3v) is 4.48. The largest absolute Gasteiger partial charge is 0.335 e. The van der Waals surface area contributed by atoms with Crippen molar-refractivity contribution in [3.8, 4) is 0 Å². The van der Waals surface area contributed by atoms with E-state index in [1.807, 2.05) is 0 Å². The molecule has 2 N–H and O–H groups in total. The monoisotopic (exact) mass is 292 g/mol. The molecule has 3 unspecified atom stereocenters. The van der Waals surface area contributed by atoms with Crippen LogP contribution in [-0.2, 0) is 9.59 Å². The van der Waals surface area contributed by atoms with E-state index in [1.54, 1.807) is 15.9 Å². The van der Waals surface area contributed by atoms with Crippen molar-refractivity contribution in [1.82, 2.24) is 20.4 Å². The lowest BCUT2D eigenvalue weighted by atomic mass is 10.0. The molecule has 3 aliphatic heterocycles. The minimum atomic E-state index is -0.540. The molecule has 114 valence electrons. The zero-order valence-corrected chi connectivity index (χ0v) is 11.9. The number of fused-ring (bicyclic) bond motifs is 2. The van der Waals surface area contributed by atoms with Gasteiger partial charge in [0.15, 0.2) is 0 Å². The number of piperazine rings is 1. The van der Waals surface area contributed by atoms with Gasteiger partial charge in [0.2, 0.25) is 11.8 Å². The van der Waals surface area contributed by atoms with E-state index < -0.39 is 6.04 Å². The number of carbonyl (C=O) groups is 3. The van der Waals surface area contributed by atoms with Crippen LogP contribution in [0.2, 0.25) is 0 Å². The maximum Gasteiger partial charge on any atom is 0.315 e. The number of rotatable bonds is 3. The van der Waals surface area contributed by atoms with Crippen molar-refractivity contribution in [3.05, 3.63) is 12.7 Å². The standard InChI is InChI=1S/C14H20N4O3/c1-2-6-15-14(21)16-9-5-8-18-11(9)13(20)17-7-3-4-10(17)12(18)19/h2,9-11H,1,3-8H2,(H2,15,16,21). The summed E-state index contributed by atoms with van der Waals surface area (Å²) < 4.78 is 0. The number of nitrogens with one attached hydrogen (secondary N) is 2. The molecule has 3 saturated heterocycles. The van der Waals surface area contributed by atoms with E-state index in [0.717, 1.165) is 12.8 Å². The molecule has 4 amide bonds. The Bertz CT molecular complexity index is 493. The molecule has 7 nitrogen and oxygen atoms in total. The van der Waals surface area contributed by atoms with Gasteiger partial charge in [-0.15, -0.1) is 6.58 Å². The summed E-state index contributed by atoms with van der Waals surface area (Å²) in [7, 11) is 0. The first-order valence-electron chi connectivity index (χ1n) is 7.39. The van der Waals surface area contributed by atoms with Crippen molar-refractivity contribution in [2.24, 2.45) is 0 Å². The summed E-state index contributed by atoms with van der Waals surface area (Å²) in [6.45, 7) is 5.08. The van der Waals surface area contributed by atoms with E-state index in [2.05, 4.69) is 17.2 Å². The first-order chi connectivity index (χ1) is 10.1. The van der Waals surface area contributed by atoms with Crippen molar-refractivity contribution in [1.29, 1.82) is 0 Å². The van der Waals surface area contributed by atoms with Crippen LogP contribution in [0.1, 0.15) is 19.3 Å². The van der Waals surface area contributed by atoms with Gasteiger partial charge >= 0.3 is 6.03 Å². The van der Waals surface area contributed by atoms with Crippen LogP contribution in [0, 0.1) is 0 Å². The summed E-state index contributed by atoms with van der Waals surface area (Å²) in [6.07, 6.45) is 3.83. The quantitative estimate of drug-likeness (QED) is 0.685. The van der Waals surface area contributed by atoms with Crippen molar-refractivity contribution in [2.75, 3.05) is 19.6 Å². The Labute approximate surface area is 123 Å². The highest BCUT2D eigenvalue weighted by Crippen LogP contribution is 2.32. The van der Waals surface area contributed by atoms with E-state index in [9.17, 15) is 14.4 Å². The Hall–Kier alpha value is -2.05. The lowest BCUT2D eigenvalue weighted by Crippen LogP contribution is -2.64. The second-order valence-corrected chi connectivity index (χ2v) is 5.70. The van der Waals surface area contributed by atoms with Crippen LogP contribution in [0.4, 0.5) is 4.79 Å². The van der Waals surface area contributed by atoms with Gasteiger partial charge in [-0.1, -0.05) is 6.08 Å². The van der Waals surface area contributed by atoms with E-state index in [0.29, 0.717) is 26.1 Å². The maximum atomic E-state index is 12.6. The molecule has 0 spiro atoms. The van der Waals surface area contributed by atoms with Gasteiger partial charge in [-0.05, 0) is 19.3 Å². The smallest absolute Gasteiger partial charge is 0.315 e. The zero-order chi connectivity index (χ0) is 15.0. The van der Waals surface area contributed by atoms with Crippen LogP contribution in [0.25, 0.3) is 0 Å². The number of hydrogen-bond acceptors (Lipinski definition) is 3. The molecule has 0 aliphatic carbocycles. The highest BCUT2D eigenvalue weighted by atomic mass is 16.2. The molecule has 0 aromatic heterocycles. The summed E-state index contributed by atoms with van der Waals surface area (Å²) in [6, 6.07) is -1.46. The maximum absolute atomic E-state index is 12.6. The van der Waals surface area contributed by atoms with E-state index in [4.69, 9.17) is 0 Å². The molecule has 21 heavy (non-hydrogen) atoms. The molecule has 3 aliphatic rings. The summed E-state index contributed by atoms with van der Waals surface area (Å²) in [5, 5.41) is 5.44. The molecule has 0 aromatic rings. The first-order valence-corrected chi connectivity index (χ1v) is 7.39. The molecule has 3 fully saturated rings. The van der Waals surface area contributed by atoms with Gasteiger partial charge < -0.3 is 20.4 Å². The summed E-state index contributed by atoms with van der Waals surface area (Å²) in [4.78, 5) is 40.1. The topological polar surface area (TPSA) is 81.8 Å². The molecule has 3 atom stereocenters. The molecule has 0 saturated carbocycles. The van der Waals surface area contributed by atoms with E-state index in [-0.39, 0.29) is 29.9 Å². The van der Waals surface area contributed by atoms with Gasteiger partial charge in [0, 0.05) is 19.6 Å². The van der Waals surface area contributed by atoms with Gasteiger partial charge in [0.1, 0.15) is 12.1 Å². The third-order valence-electron chi connectivity index (χ3n) is 4.48. The number of amides is 4. The normalized spacial score (nSPS) is 31.0. The van der Waals surface area contributed by atoms with Gasteiger partial charge in [-0.25, -0.2) is 4.79 Å². The summed E-state index contributed by atoms with van der Waals surface area (Å²) >= 11 is 0. The Morgan fingerprint density at radius 2 is 2.05 bits per heavy atom. The van der Waals surface area contributed by atoms with E-state index in [1.165, 1.54) is 0 Å². The highest BCUT2D eigenvalue weighted by molar-refractivity contribution is 5.98. The molecule has 0 radical (unpaired) electrons. The predicted molar refractivity (Wildman–Crippen MR) is 75.4 cm³/mol. The van der Waals surface area contributed by atoms with Crippen LogP contribution in [0.3, 0.4) is 0 Å². The van der Waals surface area contributed by atoms with Crippen LogP contribution in [0.5, 0.6) is 0 Å². The second-order valence-electron chi connectivity index (χ2n) is 5.70. The van der Waals surface area contributed by atoms with Gasteiger partial charge in [0.05, 0.1) is 6.04 Å². The van der Waals surface area contributed by atoms with Crippen molar-refractivity contribution >= 4 is 17.8 Å². The molecular weight excluding hydrogens is 272 g/mol. The van der Waals surface area contributed by atoms with Crippen molar-refractivity contribution in [2.45, 2.75) is 37.4 Å². The van der Waals surface area contributed by atoms with E-state index >= 15 is 0 Å². The Balaban J connectivity index is 1.72. The lowest BCUT2D eigenvalue weighted by Gasteiger charge is -2.40. The van der Waals surface area contributed by atoms with Crippen LogP contribution >= 0.6 is 0 Å². The average Bonchev–Trinajstić information content (AvgIpc) is 3.10. The molecule has 3 rings (SSSR count). The first kappa shape index (κ1) is 13.9. The fourth-order valence-corrected chi connectivity index (χ4v) is 3.53. The Morgan fingerprint density at radius 3 is 2.81 bits per heavy atom. The Kier molecular flexibility index (Phi) is 3.57. The summed E-state index contributed by atoms with van der Waals surface area (Å²) in [5.41, 5.74) is 0. The summed E-state index contributed by atoms with van der Waals surface area (Å²) in [5.74, 6) is 0.0107. The third kappa shape index (κ3) is 2.26. The zero-order valence-electron chi connectivity index (χ0n) is 11.9. The predicted octanol–water partition coefficient (Wildman–Crippen LogP) is -0.554. The molecule has 0 bridgehead atoms. The molecule has 7 heteroatoms. The fraction of sp³-hybridized carbons (Fsp3) is 0.643. The van der Waals surface area contributed by atoms with Gasteiger partial charge in [0.25, 0.3) is 0 Å². The number of nitrogens with zero attached hydrogens (tertiary/aromatic N) is 2. The minimum Gasteiger partial charge on any atom is -0.335 e. The molecular formula is C14H20N4O3. The highest BCUT2D eigenvalue weighted by Gasteiger charge is 2.53. The Morgan fingerprint density at radius 1 is 1.24 bits per heavy atom. The minimum absolute atomic E-state index is 0.0244. The number of hydrogen-bond donors (Lipinski definition) is 2. The SMILES string of the molecule is C=CCNC(=O)NC1CCN2C(=O)C3CCCN3C(=O)C12. The lowest BCUT2D eigenvalue weighted by molar-refractivity contribution is -0.157. The van der Waals surface area contributed by atoms with Crippen molar-refractivity contribution < 1.29 is 14.4 Å². The van der Waals surface area contributed by atoms with Crippen LogP contribution in [0.15, 0.2) is 12.7 Å². The number of urea groups is 1. The number of carbonyl (C=O) groups excluding carboxylic acids is 3. The average molecular weight is 292 g/mol.